The standard InChI is InChI=1S/C49H91NO5/c1-3-5-7-9-11-13-15-23-27-31-35-39-43-49(54)55-44-40-36-32-28-24-20-18-16-17-19-22-26-30-34-38-42-48(53)50-46(45-51)47(52)41-37-33-29-25-21-14-12-10-8-6-4-2/h16,18,20,24,37,41,46-47,51-52H,3-15,17,19,21-23,25-36,38-40,42-45H2,1-2H3,(H,50,53)/b18-16-,24-20-,41-37+. The molecule has 0 radical (unpaired) electrons. The molecule has 0 spiro atoms. The van der Waals surface area contributed by atoms with E-state index in [0.29, 0.717) is 19.4 Å². The Bertz CT molecular complexity index is 900. The van der Waals surface area contributed by atoms with Gasteiger partial charge in [0, 0.05) is 12.8 Å². The third-order valence-electron chi connectivity index (χ3n) is 10.7. The number of allylic oxidation sites excluding steroid dienone is 5. The Morgan fingerprint density at radius 3 is 1.35 bits per heavy atom. The molecule has 0 aliphatic heterocycles. The molecule has 0 saturated carbocycles. The summed E-state index contributed by atoms with van der Waals surface area (Å²) in [6, 6.07) is -0.642. The number of unbranched alkanes of at least 4 members (excludes halogenated alkanes) is 29. The van der Waals surface area contributed by atoms with Crippen LogP contribution in [0.3, 0.4) is 0 Å². The number of amides is 1. The van der Waals surface area contributed by atoms with Gasteiger partial charge in [-0.3, -0.25) is 9.59 Å². The largest absolute Gasteiger partial charge is 0.466 e. The molecule has 0 heterocycles. The van der Waals surface area contributed by atoms with E-state index in [2.05, 4.69) is 43.5 Å². The van der Waals surface area contributed by atoms with Crippen LogP contribution in [-0.4, -0.2) is 47.4 Å². The maximum atomic E-state index is 12.4. The van der Waals surface area contributed by atoms with Gasteiger partial charge < -0.3 is 20.3 Å². The number of aliphatic hydroxyl groups is 2. The molecule has 6 heteroatoms. The van der Waals surface area contributed by atoms with E-state index < -0.39 is 12.1 Å². The Morgan fingerprint density at radius 2 is 0.891 bits per heavy atom. The van der Waals surface area contributed by atoms with E-state index >= 15 is 0 Å². The van der Waals surface area contributed by atoms with Gasteiger partial charge in [0.2, 0.25) is 5.91 Å². The Labute approximate surface area is 341 Å². The van der Waals surface area contributed by atoms with E-state index in [1.54, 1.807) is 6.08 Å². The lowest BCUT2D eigenvalue weighted by molar-refractivity contribution is -0.143. The minimum Gasteiger partial charge on any atom is -0.466 e. The Hall–Kier alpha value is -1.92. The van der Waals surface area contributed by atoms with Crippen molar-refractivity contribution in [3.63, 3.8) is 0 Å². The summed E-state index contributed by atoms with van der Waals surface area (Å²) in [7, 11) is 0. The van der Waals surface area contributed by atoms with Crippen LogP contribution >= 0.6 is 0 Å². The van der Waals surface area contributed by atoms with Crippen LogP contribution in [0.5, 0.6) is 0 Å². The first-order valence-corrected chi connectivity index (χ1v) is 23.8. The summed E-state index contributed by atoms with van der Waals surface area (Å²) in [6.07, 6.45) is 52.8. The van der Waals surface area contributed by atoms with Gasteiger partial charge in [-0.05, 0) is 64.2 Å². The predicted molar refractivity (Wildman–Crippen MR) is 236 cm³/mol. The second-order valence-electron chi connectivity index (χ2n) is 16.1. The molecule has 2 unspecified atom stereocenters. The number of carbonyl (C=O) groups excluding carboxylic acids is 2. The number of hydrogen-bond acceptors (Lipinski definition) is 5. The lowest BCUT2D eigenvalue weighted by Gasteiger charge is -2.20. The Balaban J connectivity index is 3.56. The summed E-state index contributed by atoms with van der Waals surface area (Å²) >= 11 is 0. The predicted octanol–water partition coefficient (Wildman–Crippen LogP) is 13.7. The van der Waals surface area contributed by atoms with Gasteiger partial charge >= 0.3 is 5.97 Å². The van der Waals surface area contributed by atoms with E-state index in [-0.39, 0.29) is 18.5 Å². The molecule has 1 amide bonds. The van der Waals surface area contributed by atoms with E-state index in [9.17, 15) is 19.8 Å². The van der Waals surface area contributed by atoms with E-state index in [1.165, 1.54) is 135 Å². The van der Waals surface area contributed by atoms with Gasteiger partial charge in [-0.2, -0.15) is 0 Å². The summed E-state index contributed by atoms with van der Waals surface area (Å²) in [6.45, 7) is 4.81. The molecule has 0 fully saturated rings. The topological polar surface area (TPSA) is 95.9 Å². The zero-order valence-electron chi connectivity index (χ0n) is 36.4. The van der Waals surface area contributed by atoms with Crippen molar-refractivity contribution >= 4 is 11.9 Å². The molecule has 0 aromatic carbocycles. The molecule has 0 aliphatic carbocycles. The highest BCUT2D eigenvalue weighted by Crippen LogP contribution is 2.14. The van der Waals surface area contributed by atoms with E-state index in [0.717, 1.165) is 77.0 Å². The highest BCUT2D eigenvalue weighted by molar-refractivity contribution is 5.76. The zero-order chi connectivity index (χ0) is 40.1. The molecule has 0 aliphatic rings. The molecular weight excluding hydrogens is 683 g/mol. The van der Waals surface area contributed by atoms with Gasteiger partial charge in [0.15, 0.2) is 0 Å². The number of aliphatic hydroxyl groups excluding tert-OH is 2. The summed E-state index contributed by atoms with van der Waals surface area (Å²) in [5.41, 5.74) is 0. The molecule has 2 atom stereocenters. The molecule has 55 heavy (non-hydrogen) atoms. The first-order chi connectivity index (χ1) is 27.0. The molecule has 0 aromatic heterocycles. The Morgan fingerprint density at radius 1 is 0.509 bits per heavy atom. The van der Waals surface area contributed by atoms with Crippen molar-refractivity contribution < 1.29 is 24.5 Å². The van der Waals surface area contributed by atoms with Crippen LogP contribution in [0.15, 0.2) is 36.5 Å². The molecular formula is C49H91NO5. The molecule has 0 bridgehead atoms. The molecule has 0 rings (SSSR count). The summed E-state index contributed by atoms with van der Waals surface area (Å²) in [4.78, 5) is 24.3. The van der Waals surface area contributed by atoms with Crippen molar-refractivity contribution in [3.8, 4) is 0 Å². The molecule has 3 N–H and O–H groups in total. The van der Waals surface area contributed by atoms with Crippen LogP contribution in [0.4, 0.5) is 0 Å². The zero-order valence-corrected chi connectivity index (χ0v) is 36.4. The smallest absolute Gasteiger partial charge is 0.305 e. The van der Waals surface area contributed by atoms with Gasteiger partial charge in [0.1, 0.15) is 0 Å². The first-order valence-electron chi connectivity index (χ1n) is 23.8. The van der Waals surface area contributed by atoms with E-state index in [1.807, 2.05) is 6.08 Å². The van der Waals surface area contributed by atoms with Gasteiger partial charge in [-0.15, -0.1) is 0 Å². The minimum absolute atomic E-state index is 0.0232. The van der Waals surface area contributed by atoms with Gasteiger partial charge in [0.05, 0.1) is 25.4 Å². The molecule has 322 valence electrons. The van der Waals surface area contributed by atoms with Crippen molar-refractivity contribution in [2.45, 2.75) is 251 Å². The van der Waals surface area contributed by atoms with Crippen molar-refractivity contribution in [2.75, 3.05) is 13.2 Å². The van der Waals surface area contributed by atoms with Crippen molar-refractivity contribution in [2.24, 2.45) is 0 Å². The van der Waals surface area contributed by atoms with Gasteiger partial charge in [-0.25, -0.2) is 0 Å². The quantitative estimate of drug-likeness (QED) is 0.0248. The summed E-state index contributed by atoms with van der Waals surface area (Å²) in [5.74, 6) is -0.116. The highest BCUT2D eigenvalue weighted by atomic mass is 16.5. The number of hydrogen-bond donors (Lipinski definition) is 3. The molecule has 6 nitrogen and oxygen atoms in total. The third kappa shape index (κ3) is 41.5. The average Bonchev–Trinajstić information content (AvgIpc) is 3.18. The highest BCUT2D eigenvalue weighted by Gasteiger charge is 2.18. The number of nitrogens with one attached hydrogen (secondary N) is 1. The number of esters is 1. The third-order valence-corrected chi connectivity index (χ3v) is 10.7. The number of ether oxygens (including phenoxy) is 1. The van der Waals surface area contributed by atoms with Gasteiger partial charge in [0.25, 0.3) is 0 Å². The number of carbonyl (C=O) groups is 2. The normalized spacial score (nSPS) is 13.0. The molecule has 0 aromatic rings. The van der Waals surface area contributed by atoms with Crippen LogP contribution < -0.4 is 5.32 Å². The summed E-state index contributed by atoms with van der Waals surface area (Å²) < 4.78 is 5.42. The van der Waals surface area contributed by atoms with Crippen molar-refractivity contribution in [1.82, 2.24) is 5.32 Å². The maximum Gasteiger partial charge on any atom is 0.305 e. The lowest BCUT2D eigenvalue weighted by atomic mass is 10.0. The second-order valence-corrected chi connectivity index (χ2v) is 16.1. The van der Waals surface area contributed by atoms with Crippen LogP contribution in [0.1, 0.15) is 239 Å². The maximum absolute atomic E-state index is 12.4. The van der Waals surface area contributed by atoms with E-state index in [4.69, 9.17) is 4.74 Å². The van der Waals surface area contributed by atoms with Crippen molar-refractivity contribution in [1.29, 1.82) is 0 Å². The molecule has 0 saturated heterocycles. The Kier molecular flexibility index (Phi) is 43.2. The monoisotopic (exact) mass is 774 g/mol. The second kappa shape index (κ2) is 44.8. The average molecular weight is 774 g/mol. The fourth-order valence-electron chi connectivity index (χ4n) is 6.97. The van der Waals surface area contributed by atoms with Crippen molar-refractivity contribution in [3.05, 3.63) is 36.5 Å². The van der Waals surface area contributed by atoms with Crippen LogP contribution in [-0.2, 0) is 14.3 Å². The van der Waals surface area contributed by atoms with Crippen LogP contribution in [0.25, 0.3) is 0 Å². The first kappa shape index (κ1) is 53.1. The fraction of sp³-hybridized carbons (Fsp3) is 0.837. The van der Waals surface area contributed by atoms with Crippen LogP contribution in [0, 0.1) is 0 Å². The SMILES string of the molecule is CCCCCCCCCCC/C=C/C(O)C(CO)NC(=O)CCCCCCCC/C=C\C=C/CCCCCOC(=O)CCCCCCCCCCCCCC. The van der Waals surface area contributed by atoms with Crippen LogP contribution in [0.2, 0.25) is 0 Å². The summed E-state index contributed by atoms with van der Waals surface area (Å²) in [5, 5.41) is 22.9. The lowest BCUT2D eigenvalue weighted by Crippen LogP contribution is -2.45. The fourth-order valence-corrected chi connectivity index (χ4v) is 6.97. The van der Waals surface area contributed by atoms with Gasteiger partial charge in [-0.1, -0.05) is 198 Å². The number of rotatable bonds is 43. The minimum atomic E-state index is -0.857.